The summed E-state index contributed by atoms with van der Waals surface area (Å²) in [5.41, 5.74) is 15.7. The Bertz CT molecular complexity index is 4110. The van der Waals surface area contributed by atoms with E-state index in [-0.39, 0.29) is 11.9 Å². The lowest BCUT2D eigenvalue weighted by Gasteiger charge is -2.39. The van der Waals surface area contributed by atoms with Gasteiger partial charge >= 0.3 is 11.9 Å². The molecule has 2 unspecified atom stereocenters. The van der Waals surface area contributed by atoms with Crippen molar-refractivity contribution in [1.29, 1.82) is 0 Å². The Balaban J connectivity index is 0.821. The summed E-state index contributed by atoms with van der Waals surface area (Å²) in [5, 5.41) is 0. The molecule has 0 saturated carbocycles. The molecule has 0 saturated heterocycles. The number of hydrogen-bond donors (Lipinski definition) is 0. The Morgan fingerprint density at radius 3 is 1.10 bits per heavy atom. The summed E-state index contributed by atoms with van der Waals surface area (Å²) in [6, 6.07) is 75.7. The van der Waals surface area contributed by atoms with Crippen molar-refractivity contribution >= 4 is 46.1 Å². The van der Waals surface area contributed by atoms with E-state index in [9.17, 15) is 9.59 Å². The first-order valence-electron chi connectivity index (χ1n) is 31.2. The van der Waals surface area contributed by atoms with Crippen LogP contribution >= 0.6 is 0 Å². The van der Waals surface area contributed by atoms with Crippen molar-refractivity contribution in [1.82, 2.24) is 0 Å². The fourth-order valence-corrected chi connectivity index (χ4v) is 14.2. The van der Waals surface area contributed by atoms with Crippen LogP contribution in [0, 0.1) is 13.8 Å². The van der Waals surface area contributed by atoms with Gasteiger partial charge in [0.1, 0.15) is 23.0 Å². The quantitative estimate of drug-likeness (QED) is 0.0872. The highest BCUT2D eigenvalue weighted by Gasteiger charge is 2.55. The largest absolute Gasteiger partial charge is 0.456 e. The predicted octanol–water partition coefficient (Wildman–Crippen LogP) is 18.1. The molecule has 10 heteroatoms. The maximum absolute atomic E-state index is 14.1. The molecule has 0 amide bonds. The molecule has 0 aliphatic carbocycles. The summed E-state index contributed by atoms with van der Waals surface area (Å²) < 4.78 is 27.3. The number of benzene rings is 10. The fourth-order valence-electron chi connectivity index (χ4n) is 14.2. The first-order chi connectivity index (χ1) is 43.3. The van der Waals surface area contributed by atoms with Crippen LogP contribution in [0.15, 0.2) is 218 Å². The summed E-state index contributed by atoms with van der Waals surface area (Å²) in [7, 11) is 0. The van der Waals surface area contributed by atoms with E-state index < -0.39 is 16.6 Å². The van der Waals surface area contributed by atoms with Crippen molar-refractivity contribution in [2.24, 2.45) is 0 Å². The molecule has 0 aromatic heterocycles. The van der Waals surface area contributed by atoms with Crippen LogP contribution in [0.2, 0.25) is 0 Å². The van der Waals surface area contributed by atoms with Gasteiger partial charge in [-0.15, -0.1) is 0 Å². The monoisotopic (exact) mass is 1170 g/mol. The maximum Gasteiger partial charge on any atom is 0.340 e. The van der Waals surface area contributed by atoms with Crippen LogP contribution in [-0.4, -0.2) is 38.1 Å². The minimum Gasteiger partial charge on any atom is -0.456 e. The van der Waals surface area contributed by atoms with Crippen LogP contribution in [-0.2, 0) is 39.2 Å². The van der Waals surface area contributed by atoms with Gasteiger partial charge in [0.15, 0.2) is 11.2 Å². The molecule has 0 N–H and O–H groups in total. The standard InChI is InChI=1S/C79H72N4O6/c1-9-80(10-2)59-39-41-65-73(45-59)86-71-43-51(5)69(47-67(71)78(65)63-29-21-19-27-61(63)75(84)88-78)82(49-53-23-15-13-16-24-53)57-35-31-55(32-36-57)77(7,8)56-33-37-58(38-34-56)83(50-54-25-17-14-18-26-54)70-48-68-72(44-52(70)6)87-74-46-60(81(11-3)12-4)40-42-66(74)79(68)64-30-22-20-28-62(64)76(85)89-79/h13-48H,9-12,49-50H2,1-8H3. The molecular weight excluding hydrogens is 1100 g/mol. The summed E-state index contributed by atoms with van der Waals surface area (Å²) >= 11 is 0. The third-order valence-electron chi connectivity index (χ3n) is 19.0. The van der Waals surface area contributed by atoms with Gasteiger partial charge in [0.2, 0.25) is 0 Å². The van der Waals surface area contributed by atoms with E-state index in [1.165, 1.54) is 0 Å². The lowest BCUT2D eigenvalue weighted by Crippen LogP contribution is -2.34. The van der Waals surface area contributed by atoms with Gasteiger partial charge in [-0.2, -0.15) is 0 Å². The van der Waals surface area contributed by atoms with Crippen LogP contribution in [0.5, 0.6) is 23.0 Å². The number of esters is 2. The van der Waals surface area contributed by atoms with Crippen LogP contribution in [0.3, 0.4) is 0 Å². The van der Waals surface area contributed by atoms with Crippen molar-refractivity contribution in [3.8, 4) is 23.0 Å². The molecule has 0 fully saturated rings. The van der Waals surface area contributed by atoms with Gasteiger partial charge < -0.3 is 38.5 Å². The highest BCUT2D eigenvalue weighted by atomic mass is 16.6. The summed E-state index contributed by atoms with van der Waals surface area (Å²) in [6.45, 7) is 22.0. The second kappa shape index (κ2) is 22.3. The molecular formula is C79H72N4O6. The molecule has 444 valence electrons. The van der Waals surface area contributed by atoms with Crippen LogP contribution in [0.25, 0.3) is 0 Å². The molecule has 4 aliphatic heterocycles. The average molecular weight is 1170 g/mol. The van der Waals surface area contributed by atoms with Crippen LogP contribution in [0.1, 0.15) is 129 Å². The molecule has 14 rings (SSSR count). The van der Waals surface area contributed by atoms with E-state index in [1.54, 1.807) is 0 Å². The predicted molar refractivity (Wildman–Crippen MR) is 356 cm³/mol. The number of carbonyl (C=O) groups is 2. The lowest BCUT2D eigenvalue weighted by atomic mass is 9.77. The van der Waals surface area contributed by atoms with Gasteiger partial charge in [-0.05, 0) is 160 Å². The normalized spacial score (nSPS) is 16.4. The highest BCUT2D eigenvalue weighted by molar-refractivity contribution is 5.98. The molecule has 4 aliphatic rings. The molecule has 0 bridgehead atoms. The van der Waals surface area contributed by atoms with Gasteiger partial charge in [0.05, 0.1) is 11.1 Å². The zero-order valence-electron chi connectivity index (χ0n) is 51.8. The molecule has 2 spiro atoms. The third-order valence-corrected chi connectivity index (χ3v) is 19.0. The van der Waals surface area contributed by atoms with Gasteiger partial charge in [0.25, 0.3) is 0 Å². The number of fused-ring (bicyclic) bond motifs is 12. The van der Waals surface area contributed by atoms with E-state index in [1.807, 2.05) is 60.7 Å². The number of aryl methyl sites for hydroxylation is 2. The molecule has 4 heterocycles. The number of ether oxygens (including phenoxy) is 4. The van der Waals surface area contributed by atoms with E-state index in [4.69, 9.17) is 18.9 Å². The van der Waals surface area contributed by atoms with Gasteiger partial charge in [-0.1, -0.05) is 135 Å². The third kappa shape index (κ3) is 9.29. The van der Waals surface area contributed by atoms with E-state index in [0.717, 1.165) is 127 Å². The first kappa shape index (κ1) is 56.7. The Morgan fingerprint density at radius 1 is 0.371 bits per heavy atom. The van der Waals surface area contributed by atoms with Crippen molar-refractivity contribution in [3.63, 3.8) is 0 Å². The van der Waals surface area contributed by atoms with Gasteiger partial charge in [0, 0.05) is 124 Å². The van der Waals surface area contributed by atoms with E-state index in [0.29, 0.717) is 47.2 Å². The van der Waals surface area contributed by atoms with Crippen LogP contribution < -0.4 is 29.1 Å². The van der Waals surface area contributed by atoms with E-state index in [2.05, 4.69) is 233 Å². The first-order valence-corrected chi connectivity index (χ1v) is 31.2. The molecule has 0 radical (unpaired) electrons. The van der Waals surface area contributed by atoms with Gasteiger partial charge in [-0.25, -0.2) is 9.59 Å². The van der Waals surface area contributed by atoms with Crippen molar-refractivity contribution in [3.05, 3.63) is 296 Å². The molecule has 10 aromatic carbocycles. The number of anilines is 6. The lowest BCUT2D eigenvalue weighted by molar-refractivity contribution is 0.0214. The Morgan fingerprint density at radius 2 is 0.719 bits per heavy atom. The number of carbonyl (C=O) groups excluding carboxylic acids is 2. The van der Waals surface area contributed by atoms with Crippen molar-refractivity contribution in [2.75, 3.05) is 45.8 Å². The second-order valence-corrected chi connectivity index (χ2v) is 24.3. The van der Waals surface area contributed by atoms with Gasteiger partial charge in [-0.3, -0.25) is 0 Å². The molecule has 10 aromatic rings. The molecule has 10 nitrogen and oxygen atoms in total. The minimum absolute atomic E-state index is 0.358. The number of nitrogens with zero attached hydrogens (tertiary/aromatic N) is 4. The smallest absolute Gasteiger partial charge is 0.340 e. The zero-order chi connectivity index (χ0) is 61.3. The summed E-state index contributed by atoms with van der Waals surface area (Å²) in [5.74, 6) is 1.95. The summed E-state index contributed by atoms with van der Waals surface area (Å²) in [4.78, 5) is 37.4. The fraction of sp³-hybridized carbons (Fsp3) is 0.215. The highest BCUT2D eigenvalue weighted by Crippen LogP contribution is 2.60. The Labute approximate surface area is 522 Å². The van der Waals surface area contributed by atoms with Crippen LogP contribution in [0.4, 0.5) is 34.1 Å². The Kier molecular flexibility index (Phi) is 14.2. The Hall–Kier alpha value is -10.1. The molecule has 2 atom stereocenters. The van der Waals surface area contributed by atoms with Crippen molar-refractivity contribution < 1.29 is 28.5 Å². The SMILES string of the molecule is CCN(CC)c1ccc2c(c1)Oc1cc(C)c(N(Cc3ccccc3)c3ccc(C(C)(C)c4ccc(N(Cc5ccccc5)c5cc6c(cc5C)Oc5cc(N(CC)CC)ccc5C65OC(=O)c6ccccc65)cc4)cc3)cc1C21OC(=O)c2ccccc21. The number of hydrogen-bond acceptors (Lipinski definition) is 10. The topological polar surface area (TPSA) is 84.0 Å². The minimum atomic E-state index is -1.24. The summed E-state index contributed by atoms with van der Waals surface area (Å²) in [6.07, 6.45) is 0. The molecule has 89 heavy (non-hydrogen) atoms. The zero-order valence-corrected chi connectivity index (χ0v) is 51.8. The van der Waals surface area contributed by atoms with E-state index >= 15 is 0 Å². The number of rotatable bonds is 16. The van der Waals surface area contributed by atoms with Crippen molar-refractivity contribution in [2.45, 2.75) is 85.1 Å². The average Bonchev–Trinajstić information content (AvgIpc) is 1.66. The second-order valence-electron chi connectivity index (χ2n) is 24.3. The maximum atomic E-state index is 14.1.